The highest BCUT2D eigenvalue weighted by Crippen LogP contribution is 2.29. The van der Waals surface area contributed by atoms with Gasteiger partial charge in [0.05, 0.1) is 6.21 Å². The Labute approximate surface area is 143 Å². The molecule has 122 valence electrons. The number of hydrogen-bond acceptors (Lipinski definition) is 3. The van der Waals surface area contributed by atoms with Crippen molar-refractivity contribution in [3.05, 3.63) is 90.5 Å². The number of carbonyl (C=O) groups excluding carboxylic acids is 1. The second-order valence-corrected chi connectivity index (χ2v) is 5.68. The Balaban J connectivity index is 2.49. The van der Waals surface area contributed by atoms with Crippen LogP contribution in [0.4, 0.5) is 0 Å². The number of hydrogen-bond donors (Lipinski definition) is 0. The normalized spacial score (nSPS) is 13.1. The predicted molar refractivity (Wildman–Crippen MR) is 98.5 cm³/mol. The second kappa shape index (κ2) is 8.06. The molecule has 0 N–H and O–H groups in total. The van der Waals surface area contributed by atoms with Gasteiger partial charge in [0.2, 0.25) is 0 Å². The van der Waals surface area contributed by atoms with Crippen molar-refractivity contribution in [1.82, 2.24) is 0 Å². The number of rotatable bonds is 6. The van der Waals surface area contributed by atoms with Gasteiger partial charge in [-0.25, -0.2) is 4.79 Å². The minimum Gasteiger partial charge on any atom is -0.319 e. The SMILES string of the molecule is C=CC(C)(C=C(c1ccccc1)c1ccccc1)/C=N/OC(C)=O. The highest BCUT2D eigenvalue weighted by atomic mass is 16.7. The van der Waals surface area contributed by atoms with Gasteiger partial charge in [0, 0.05) is 12.3 Å². The van der Waals surface area contributed by atoms with Crippen molar-refractivity contribution in [3.8, 4) is 0 Å². The summed E-state index contributed by atoms with van der Waals surface area (Å²) in [5, 5.41) is 3.76. The molecule has 0 heterocycles. The molecule has 2 aromatic rings. The summed E-state index contributed by atoms with van der Waals surface area (Å²) >= 11 is 0. The maximum Gasteiger partial charge on any atom is 0.331 e. The first-order valence-corrected chi connectivity index (χ1v) is 7.73. The molecular weight excluding hydrogens is 298 g/mol. The van der Waals surface area contributed by atoms with E-state index in [2.05, 4.69) is 46.9 Å². The third kappa shape index (κ3) is 4.78. The Morgan fingerprint density at radius 1 is 1.04 bits per heavy atom. The van der Waals surface area contributed by atoms with E-state index in [0.717, 1.165) is 16.7 Å². The summed E-state index contributed by atoms with van der Waals surface area (Å²) < 4.78 is 0. The molecule has 0 bridgehead atoms. The molecular formula is C21H21NO2. The van der Waals surface area contributed by atoms with Crippen LogP contribution in [-0.2, 0) is 9.63 Å². The van der Waals surface area contributed by atoms with Gasteiger partial charge in [-0.3, -0.25) is 0 Å². The Bertz CT molecular complexity index is 706. The molecule has 3 heteroatoms. The average molecular weight is 319 g/mol. The molecule has 0 saturated carbocycles. The molecule has 3 nitrogen and oxygen atoms in total. The Kier molecular flexibility index (Phi) is 5.85. The number of nitrogens with zero attached hydrogens (tertiary/aromatic N) is 1. The van der Waals surface area contributed by atoms with E-state index in [9.17, 15) is 4.79 Å². The van der Waals surface area contributed by atoms with Crippen molar-refractivity contribution in [2.75, 3.05) is 0 Å². The van der Waals surface area contributed by atoms with Gasteiger partial charge < -0.3 is 4.84 Å². The van der Waals surface area contributed by atoms with E-state index in [-0.39, 0.29) is 0 Å². The van der Waals surface area contributed by atoms with E-state index in [0.29, 0.717) is 0 Å². The maximum atomic E-state index is 10.9. The van der Waals surface area contributed by atoms with E-state index in [1.54, 1.807) is 12.3 Å². The maximum absolute atomic E-state index is 10.9. The van der Waals surface area contributed by atoms with Crippen molar-refractivity contribution in [2.45, 2.75) is 13.8 Å². The molecule has 0 aromatic heterocycles. The van der Waals surface area contributed by atoms with Crippen LogP contribution in [0.15, 0.2) is 84.6 Å². The molecule has 1 atom stereocenters. The molecule has 0 aliphatic carbocycles. The minimum absolute atomic E-state index is 0.451. The number of allylic oxidation sites excluding steroid dienone is 2. The summed E-state index contributed by atoms with van der Waals surface area (Å²) in [4.78, 5) is 15.6. The average Bonchev–Trinajstić information content (AvgIpc) is 2.61. The van der Waals surface area contributed by atoms with Gasteiger partial charge in [0.1, 0.15) is 0 Å². The van der Waals surface area contributed by atoms with Crippen LogP contribution >= 0.6 is 0 Å². The molecule has 0 amide bonds. The molecule has 0 saturated heterocycles. The van der Waals surface area contributed by atoms with Gasteiger partial charge in [0.15, 0.2) is 0 Å². The summed E-state index contributed by atoms with van der Waals surface area (Å²) in [5.41, 5.74) is 2.69. The minimum atomic E-state index is -0.559. The fourth-order valence-electron chi connectivity index (χ4n) is 2.24. The van der Waals surface area contributed by atoms with Crippen molar-refractivity contribution in [3.63, 3.8) is 0 Å². The molecule has 2 aromatic carbocycles. The first kappa shape index (κ1) is 17.4. The number of oxime groups is 1. The highest BCUT2D eigenvalue weighted by Gasteiger charge is 2.18. The topological polar surface area (TPSA) is 38.7 Å². The standard InChI is InChI=1S/C21H21NO2/c1-4-21(3,16-22-24-17(2)23)15-20(18-11-7-5-8-12-18)19-13-9-6-10-14-19/h4-16H,1H2,2-3H3/b22-16+. The van der Waals surface area contributed by atoms with E-state index in [4.69, 9.17) is 0 Å². The first-order valence-electron chi connectivity index (χ1n) is 7.73. The van der Waals surface area contributed by atoms with Crippen molar-refractivity contribution < 1.29 is 9.63 Å². The predicted octanol–water partition coefficient (Wildman–Crippen LogP) is 4.86. The van der Waals surface area contributed by atoms with Gasteiger partial charge in [-0.05, 0) is 23.6 Å². The fourth-order valence-corrected chi connectivity index (χ4v) is 2.24. The van der Waals surface area contributed by atoms with Crippen LogP contribution in [0.25, 0.3) is 5.57 Å². The number of benzene rings is 2. The van der Waals surface area contributed by atoms with Crippen molar-refractivity contribution >= 4 is 17.8 Å². The third-order valence-electron chi connectivity index (χ3n) is 3.58. The van der Waals surface area contributed by atoms with E-state index in [1.165, 1.54) is 6.92 Å². The van der Waals surface area contributed by atoms with E-state index < -0.39 is 11.4 Å². The van der Waals surface area contributed by atoms with Crippen LogP contribution in [0.2, 0.25) is 0 Å². The summed E-state index contributed by atoms with van der Waals surface area (Å²) in [6.45, 7) is 7.17. The van der Waals surface area contributed by atoms with Crippen LogP contribution in [0.3, 0.4) is 0 Å². The van der Waals surface area contributed by atoms with Crippen molar-refractivity contribution in [2.24, 2.45) is 10.6 Å². The van der Waals surface area contributed by atoms with Crippen LogP contribution < -0.4 is 0 Å². The zero-order valence-electron chi connectivity index (χ0n) is 14.0. The number of carbonyl (C=O) groups is 1. The Hall–Kier alpha value is -2.94. The summed E-state index contributed by atoms with van der Waals surface area (Å²) in [6, 6.07) is 20.2. The highest BCUT2D eigenvalue weighted by molar-refractivity contribution is 5.84. The molecule has 2 rings (SSSR count). The zero-order chi connectivity index (χ0) is 17.4. The third-order valence-corrected chi connectivity index (χ3v) is 3.58. The first-order chi connectivity index (χ1) is 11.5. The smallest absolute Gasteiger partial charge is 0.319 e. The van der Waals surface area contributed by atoms with Crippen molar-refractivity contribution in [1.29, 1.82) is 0 Å². The van der Waals surface area contributed by atoms with Gasteiger partial charge in [-0.2, -0.15) is 0 Å². The molecule has 0 aliphatic rings. The fraction of sp³-hybridized carbons (Fsp3) is 0.143. The molecule has 24 heavy (non-hydrogen) atoms. The molecule has 0 fully saturated rings. The van der Waals surface area contributed by atoms with E-state index >= 15 is 0 Å². The second-order valence-electron chi connectivity index (χ2n) is 5.68. The van der Waals surface area contributed by atoms with Gasteiger partial charge in [0.25, 0.3) is 0 Å². The lowest BCUT2D eigenvalue weighted by Crippen LogP contribution is -2.13. The molecule has 1 unspecified atom stereocenters. The molecule has 0 radical (unpaired) electrons. The summed E-state index contributed by atoms with van der Waals surface area (Å²) in [6.07, 6.45) is 5.41. The quantitative estimate of drug-likeness (QED) is 0.330. The van der Waals surface area contributed by atoms with Crippen LogP contribution in [-0.4, -0.2) is 12.2 Å². The lowest BCUT2D eigenvalue weighted by Gasteiger charge is -2.19. The van der Waals surface area contributed by atoms with Gasteiger partial charge in [-0.1, -0.05) is 78.0 Å². The summed E-state index contributed by atoms with van der Waals surface area (Å²) in [7, 11) is 0. The van der Waals surface area contributed by atoms with Gasteiger partial charge >= 0.3 is 5.97 Å². The van der Waals surface area contributed by atoms with E-state index in [1.807, 2.05) is 43.3 Å². The molecule has 0 aliphatic heterocycles. The monoisotopic (exact) mass is 319 g/mol. The van der Waals surface area contributed by atoms with Crippen LogP contribution in [0.5, 0.6) is 0 Å². The van der Waals surface area contributed by atoms with Crippen LogP contribution in [0.1, 0.15) is 25.0 Å². The van der Waals surface area contributed by atoms with Gasteiger partial charge in [-0.15, -0.1) is 6.58 Å². The zero-order valence-corrected chi connectivity index (χ0v) is 14.0. The Morgan fingerprint density at radius 2 is 1.54 bits per heavy atom. The lowest BCUT2D eigenvalue weighted by molar-refractivity contribution is -0.140. The lowest BCUT2D eigenvalue weighted by atomic mass is 9.85. The Morgan fingerprint density at radius 3 is 1.96 bits per heavy atom. The largest absolute Gasteiger partial charge is 0.331 e. The van der Waals surface area contributed by atoms with Crippen LogP contribution in [0, 0.1) is 5.41 Å². The molecule has 0 spiro atoms. The summed E-state index contributed by atoms with van der Waals surface area (Å²) in [5.74, 6) is -0.451.